The van der Waals surface area contributed by atoms with E-state index in [9.17, 15) is 18.0 Å². The molecule has 2 rings (SSSR count). The van der Waals surface area contributed by atoms with Gasteiger partial charge in [0.05, 0.1) is 17.1 Å². The first-order chi connectivity index (χ1) is 9.36. The first-order valence-electron chi connectivity index (χ1n) is 6.25. The molecule has 1 fully saturated rings. The van der Waals surface area contributed by atoms with E-state index in [-0.39, 0.29) is 23.2 Å². The second kappa shape index (κ2) is 6.01. The van der Waals surface area contributed by atoms with Crippen molar-refractivity contribution in [2.75, 3.05) is 25.0 Å². The van der Waals surface area contributed by atoms with Crippen LogP contribution in [0.15, 0.2) is 18.2 Å². The van der Waals surface area contributed by atoms with Crippen LogP contribution in [0.25, 0.3) is 0 Å². The van der Waals surface area contributed by atoms with Crippen molar-refractivity contribution in [2.24, 2.45) is 0 Å². The van der Waals surface area contributed by atoms with Crippen molar-refractivity contribution in [3.05, 3.63) is 28.8 Å². The predicted molar refractivity (Wildman–Crippen MR) is 70.8 cm³/mol. The van der Waals surface area contributed by atoms with Gasteiger partial charge in [0.15, 0.2) is 0 Å². The van der Waals surface area contributed by atoms with E-state index in [0.717, 1.165) is 38.1 Å². The third kappa shape index (κ3) is 3.86. The Kier molecular flexibility index (Phi) is 4.55. The fourth-order valence-electron chi connectivity index (χ4n) is 2.16. The van der Waals surface area contributed by atoms with Crippen molar-refractivity contribution in [3.63, 3.8) is 0 Å². The van der Waals surface area contributed by atoms with Gasteiger partial charge in [0.25, 0.3) is 0 Å². The number of alkyl halides is 3. The summed E-state index contributed by atoms with van der Waals surface area (Å²) in [5.41, 5.74) is -0.843. The minimum absolute atomic E-state index is 0.103. The molecular weight excluding hydrogens is 293 g/mol. The molecule has 1 aliphatic rings. The van der Waals surface area contributed by atoms with Crippen LogP contribution in [0.2, 0.25) is 5.02 Å². The summed E-state index contributed by atoms with van der Waals surface area (Å²) in [5, 5.41) is 2.09. The number of amides is 1. The van der Waals surface area contributed by atoms with Crippen LogP contribution < -0.4 is 5.32 Å². The minimum atomic E-state index is -4.53. The van der Waals surface area contributed by atoms with Gasteiger partial charge in [-0.25, -0.2) is 0 Å². The van der Waals surface area contributed by atoms with Gasteiger partial charge in [-0.1, -0.05) is 11.6 Å². The third-order valence-corrected chi connectivity index (χ3v) is 3.45. The molecule has 7 heteroatoms. The van der Waals surface area contributed by atoms with Crippen LogP contribution in [0, 0.1) is 0 Å². The lowest BCUT2D eigenvalue weighted by molar-refractivity contribution is -0.137. The molecule has 1 saturated heterocycles. The quantitative estimate of drug-likeness (QED) is 0.928. The highest BCUT2D eigenvalue weighted by atomic mass is 35.5. The molecule has 110 valence electrons. The largest absolute Gasteiger partial charge is 0.417 e. The number of carbonyl (C=O) groups excluding carboxylic acids is 1. The molecule has 0 aliphatic carbocycles. The minimum Gasteiger partial charge on any atom is -0.325 e. The Balaban J connectivity index is 2.04. The number of nitrogens with one attached hydrogen (secondary N) is 1. The number of benzene rings is 1. The van der Waals surface area contributed by atoms with Crippen LogP contribution in [-0.2, 0) is 11.0 Å². The molecule has 1 aliphatic heterocycles. The average molecular weight is 307 g/mol. The summed E-state index contributed by atoms with van der Waals surface area (Å²) in [6.07, 6.45) is -2.44. The molecule has 0 unspecified atom stereocenters. The van der Waals surface area contributed by atoms with E-state index in [1.807, 2.05) is 4.90 Å². The Morgan fingerprint density at radius 2 is 1.95 bits per heavy atom. The molecule has 0 aromatic heterocycles. The van der Waals surface area contributed by atoms with E-state index in [2.05, 4.69) is 5.32 Å². The highest BCUT2D eigenvalue weighted by Crippen LogP contribution is 2.36. The Morgan fingerprint density at radius 1 is 1.30 bits per heavy atom. The number of hydrogen-bond acceptors (Lipinski definition) is 2. The lowest BCUT2D eigenvalue weighted by Crippen LogP contribution is -2.30. The maximum atomic E-state index is 12.7. The molecule has 1 aromatic carbocycles. The van der Waals surface area contributed by atoms with Gasteiger partial charge < -0.3 is 5.32 Å². The van der Waals surface area contributed by atoms with E-state index in [1.165, 1.54) is 6.07 Å². The summed E-state index contributed by atoms with van der Waals surface area (Å²) in [4.78, 5) is 13.7. The Bertz CT molecular complexity index is 499. The van der Waals surface area contributed by atoms with Gasteiger partial charge in [0, 0.05) is 5.69 Å². The maximum Gasteiger partial charge on any atom is 0.417 e. The van der Waals surface area contributed by atoms with E-state index in [0.29, 0.717) is 0 Å². The standard InChI is InChI=1S/C13H14ClF3N2O/c14-11-4-3-9(7-10(11)13(15,16)17)18-12(20)8-19-5-1-2-6-19/h3-4,7H,1-2,5-6,8H2,(H,18,20). The van der Waals surface area contributed by atoms with Gasteiger partial charge in [-0.3, -0.25) is 9.69 Å². The van der Waals surface area contributed by atoms with Crippen molar-refractivity contribution in [3.8, 4) is 0 Å². The monoisotopic (exact) mass is 306 g/mol. The number of rotatable bonds is 3. The lowest BCUT2D eigenvalue weighted by Gasteiger charge is -2.15. The summed E-state index contributed by atoms with van der Waals surface area (Å²) < 4.78 is 38.1. The first-order valence-corrected chi connectivity index (χ1v) is 6.63. The lowest BCUT2D eigenvalue weighted by atomic mass is 10.2. The number of hydrogen-bond donors (Lipinski definition) is 1. The van der Waals surface area contributed by atoms with Gasteiger partial charge in [0.1, 0.15) is 0 Å². The molecule has 20 heavy (non-hydrogen) atoms. The highest BCUT2D eigenvalue weighted by molar-refractivity contribution is 6.31. The average Bonchev–Trinajstić information content (AvgIpc) is 2.83. The zero-order valence-electron chi connectivity index (χ0n) is 10.6. The fraction of sp³-hybridized carbons (Fsp3) is 0.462. The molecule has 1 aromatic rings. The van der Waals surface area contributed by atoms with Crippen molar-refractivity contribution in [2.45, 2.75) is 19.0 Å². The zero-order valence-corrected chi connectivity index (χ0v) is 11.4. The summed E-state index contributed by atoms with van der Waals surface area (Å²) in [6.45, 7) is 1.90. The van der Waals surface area contributed by atoms with Gasteiger partial charge in [-0.15, -0.1) is 0 Å². The van der Waals surface area contributed by atoms with Crippen LogP contribution in [-0.4, -0.2) is 30.4 Å². The predicted octanol–water partition coefficient (Wildman–Crippen LogP) is 3.39. The molecule has 0 radical (unpaired) electrons. The molecule has 0 bridgehead atoms. The number of carbonyl (C=O) groups is 1. The molecule has 0 spiro atoms. The number of nitrogens with zero attached hydrogens (tertiary/aromatic N) is 1. The van der Waals surface area contributed by atoms with Gasteiger partial charge in [0.2, 0.25) is 5.91 Å². The van der Waals surface area contributed by atoms with Gasteiger partial charge in [-0.2, -0.15) is 13.2 Å². The van der Waals surface area contributed by atoms with Crippen LogP contribution >= 0.6 is 11.6 Å². The van der Waals surface area contributed by atoms with Crippen LogP contribution in [0.1, 0.15) is 18.4 Å². The smallest absolute Gasteiger partial charge is 0.325 e. The molecule has 0 saturated carbocycles. The second-order valence-corrected chi connectivity index (χ2v) is 5.13. The molecule has 1 amide bonds. The zero-order chi connectivity index (χ0) is 14.8. The Morgan fingerprint density at radius 3 is 2.55 bits per heavy atom. The Labute approximate surface area is 119 Å². The summed E-state index contributed by atoms with van der Waals surface area (Å²) in [6, 6.07) is 3.35. The molecular formula is C13H14ClF3N2O. The van der Waals surface area contributed by atoms with Crippen LogP contribution in [0.4, 0.5) is 18.9 Å². The van der Waals surface area contributed by atoms with Crippen molar-refractivity contribution in [1.29, 1.82) is 0 Å². The number of halogens is 4. The van der Waals surface area contributed by atoms with E-state index < -0.39 is 11.7 Å². The Hall–Kier alpha value is -1.27. The third-order valence-electron chi connectivity index (χ3n) is 3.12. The summed E-state index contributed by atoms with van der Waals surface area (Å²) in [7, 11) is 0. The number of anilines is 1. The second-order valence-electron chi connectivity index (χ2n) is 4.72. The van der Waals surface area contributed by atoms with E-state index >= 15 is 0 Å². The molecule has 1 N–H and O–H groups in total. The first kappa shape index (κ1) is 15.1. The summed E-state index contributed by atoms with van der Waals surface area (Å²) >= 11 is 5.51. The van der Waals surface area contributed by atoms with Gasteiger partial charge >= 0.3 is 6.18 Å². The maximum absolute atomic E-state index is 12.7. The van der Waals surface area contributed by atoms with Crippen molar-refractivity contribution >= 4 is 23.2 Å². The molecule has 3 nitrogen and oxygen atoms in total. The molecule has 0 atom stereocenters. The normalized spacial score (nSPS) is 16.4. The SMILES string of the molecule is O=C(CN1CCCC1)Nc1ccc(Cl)c(C(F)(F)F)c1. The highest BCUT2D eigenvalue weighted by Gasteiger charge is 2.33. The van der Waals surface area contributed by atoms with Gasteiger partial charge in [-0.05, 0) is 44.1 Å². The number of likely N-dealkylation sites (tertiary alicyclic amines) is 1. The fourth-order valence-corrected chi connectivity index (χ4v) is 2.39. The van der Waals surface area contributed by atoms with Crippen molar-refractivity contribution in [1.82, 2.24) is 4.90 Å². The van der Waals surface area contributed by atoms with Crippen molar-refractivity contribution < 1.29 is 18.0 Å². The topological polar surface area (TPSA) is 32.3 Å². The van der Waals surface area contributed by atoms with Crippen LogP contribution in [0.5, 0.6) is 0 Å². The van der Waals surface area contributed by atoms with E-state index in [4.69, 9.17) is 11.6 Å². The van der Waals surface area contributed by atoms with Crippen LogP contribution in [0.3, 0.4) is 0 Å². The summed E-state index contributed by atoms with van der Waals surface area (Å²) in [5.74, 6) is -0.317. The molecule has 1 heterocycles. The van der Waals surface area contributed by atoms with E-state index in [1.54, 1.807) is 0 Å².